The first-order valence-electron chi connectivity index (χ1n) is 9.57. The third-order valence-electron chi connectivity index (χ3n) is 5.66. The highest BCUT2D eigenvalue weighted by Crippen LogP contribution is 2.26. The first-order valence-corrected chi connectivity index (χ1v) is 9.57. The fourth-order valence-corrected chi connectivity index (χ4v) is 3.99. The van der Waals surface area contributed by atoms with Crippen molar-refractivity contribution in [2.45, 2.75) is 39.2 Å². The molecular weight excluding hydrogens is 320 g/mol. The number of ketones is 1. The molecule has 3 nitrogen and oxygen atoms in total. The maximum absolute atomic E-state index is 11.4. The van der Waals surface area contributed by atoms with Gasteiger partial charge in [-0.25, -0.2) is 0 Å². The van der Waals surface area contributed by atoms with Gasteiger partial charge in [-0.05, 0) is 62.6 Å². The van der Waals surface area contributed by atoms with Gasteiger partial charge in [0, 0.05) is 41.2 Å². The standard InChI is InChI=1S/C23H26N2O/c1-16-4-3-12-25(16)13-11-22-15-21-14-20(9-10-23(21)24-22)19-7-5-18(6-8-19)17(2)26/h5-10,14-16,24H,3-4,11-13H2,1-2H3. The third kappa shape index (κ3) is 3.45. The van der Waals surface area contributed by atoms with Gasteiger partial charge in [0.1, 0.15) is 0 Å². The van der Waals surface area contributed by atoms with Gasteiger partial charge in [-0.3, -0.25) is 4.79 Å². The van der Waals surface area contributed by atoms with Crippen molar-refractivity contribution in [3.63, 3.8) is 0 Å². The van der Waals surface area contributed by atoms with Crippen molar-refractivity contribution in [3.8, 4) is 11.1 Å². The van der Waals surface area contributed by atoms with Gasteiger partial charge in [0.15, 0.2) is 5.78 Å². The Kier molecular flexibility index (Phi) is 4.64. The van der Waals surface area contributed by atoms with Crippen molar-refractivity contribution in [1.82, 2.24) is 9.88 Å². The number of hydrogen-bond donors (Lipinski definition) is 1. The molecule has 2 heterocycles. The summed E-state index contributed by atoms with van der Waals surface area (Å²) in [5.74, 6) is 0.106. The van der Waals surface area contributed by atoms with Crippen LogP contribution in [0.5, 0.6) is 0 Å². The van der Waals surface area contributed by atoms with Crippen LogP contribution in [-0.2, 0) is 6.42 Å². The van der Waals surface area contributed by atoms with Crippen molar-refractivity contribution < 1.29 is 4.79 Å². The van der Waals surface area contributed by atoms with E-state index in [0.29, 0.717) is 0 Å². The van der Waals surface area contributed by atoms with E-state index < -0.39 is 0 Å². The van der Waals surface area contributed by atoms with Gasteiger partial charge in [-0.2, -0.15) is 0 Å². The minimum absolute atomic E-state index is 0.106. The summed E-state index contributed by atoms with van der Waals surface area (Å²) in [7, 11) is 0. The Morgan fingerprint density at radius 1 is 1.12 bits per heavy atom. The maximum Gasteiger partial charge on any atom is 0.159 e. The number of nitrogens with zero attached hydrogens (tertiary/aromatic N) is 1. The predicted octanol–water partition coefficient (Wildman–Crippen LogP) is 5.06. The van der Waals surface area contributed by atoms with Crippen LogP contribution in [0.1, 0.15) is 42.7 Å². The molecule has 1 aromatic heterocycles. The molecule has 26 heavy (non-hydrogen) atoms. The molecule has 1 atom stereocenters. The molecule has 1 fully saturated rings. The summed E-state index contributed by atoms with van der Waals surface area (Å²) in [5.41, 5.74) is 5.59. The third-order valence-corrected chi connectivity index (χ3v) is 5.66. The Labute approximate surface area is 155 Å². The van der Waals surface area contributed by atoms with E-state index in [-0.39, 0.29) is 5.78 Å². The molecule has 1 aliphatic rings. The smallest absolute Gasteiger partial charge is 0.159 e. The van der Waals surface area contributed by atoms with Gasteiger partial charge in [0.2, 0.25) is 0 Å². The Morgan fingerprint density at radius 3 is 2.58 bits per heavy atom. The lowest BCUT2D eigenvalue weighted by Crippen LogP contribution is -2.29. The van der Waals surface area contributed by atoms with E-state index in [1.165, 1.54) is 41.5 Å². The van der Waals surface area contributed by atoms with Crippen LogP contribution in [0.4, 0.5) is 0 Å². The molecule has 3 heteroatoms. The average Bonchev–Trinajstić information content (AvgIpc) is 3.24. The zero-order valence-electron chi connectivity index (χ0n) is 15.6. The molecule has 1 aliphatic heterocycles. The van der Waals surface area contributed by atoms with E-state index in [0.717, 1.165) is 30.1 Å². The SMILES string of the molecule is CC(=O)c1ccc(-c2ccc3[nH]c(CCN4CCCC4C)cc3c2)cc1. The lowest BCUT2D eigenvalue weighted by atomic mass is 10.0. The molecule has 0 radical (unpaired) electrons. The molecule has 134 valence electrons. The van der Waals surface area contributed by atoms with Crippen molar-refractivity contribution in [2.24, 2.45) is 0 Å². The van der Waals surface area contributed by atoms with E-state index in [1.54, 1.807) is 6.92 Å². The van der Waals surface area contributed by atoms with Crippen LogP contribution in [0.25, 0.3) is 22.0 Å². The topological polar surface area (TPSA) is 36.1 Å². The van der Waals surface area contributed by atoms with Crippen LogP contribution >= 0.6 is 0 Å². The minimum Gasteiger partial charge on any atom is -0.358 e. The molecule has 0 bridgehead atoms. The van der Waals surface area contributed by atoms with Crippen LogP contribution in [0, 0.1) is 0 Å². The number of fused-ring (bicyclic) bond motifs is 1. The molecule has 1 saturated heterocycles. The van der Waals surface area contributed by atoms with Crippen molar-refractivity contribution in [3.05, 3.63) is 59.8 Å². The maximum atomic E-state index is 11.4. The van der Waals surface area contributed by atoms with Gasteiger partial charge in [0.05, 0.1) is 0 Å². The monoisotopic (exact) mass is 346 g/mol. The second-order valence-corrected chi connectivity index (χ2v) is 7.51. The highest BCUT2D eigenvalue weighted by Gasteiger charge is 2.19. The normalized spacial score (nSPS) is 17.8. The number of nitrogens with one attached hydrogen (secondary N) is 1. The number of H-pyrrole nitrogens is 1. The summed E-state index contributed by atoms with van der Waals surface area (Å²) in [6, 6.07) is 17.4. The number of likely N-dealkylation sites (tertiary alicyclic amines) is 1. The molecule has 1 N–H and O–H groups in total. The number of aromatic amines is 1. The highest BCUT2D eigenvalue weighted by molar-refractivity contribution is 5.94. The second-order valence-electron chi connectivity index (χ2n) is 7.51. The van der Waals surface area contributed by atoms with Gasteiger partial charge in [-0.15, -0.1) is 0 Å². The molecule has 0 amide bonds. The first-order chi connectivity index (χ1) is 12.6. The fraction of sp³-hybridized carbons (Fsp3) is 0.348. The Balaban J connectivity index is 1.52. The van der Waals surface area contributed by atoms with E-state index in [4.69, 9.17) is 0 Å². The molecule has 3 aromatic rings. The summed E-state index contributed by atoms with van der Waals surface area (Å²) in [5, 5.41) is 1.25. The number of benzene rings is 2. The summed E-state index contributed by atoms with van der Waals surface area (Å²) < 4.78 is 0. The summed E-state index contributed by atoms with van der Waals surface area (Å²) in [6.07, 6.45) is 3.74. The van der Waals surface area contributed by atoms with Crippen molar-refractivity contribution in [1.29, 1.82) is 0 Å². The summed E-state index contributed by atoms with van der Waals surface area (Å²) in [6.45, 7) is 6.31. The van der Waals surface area contributed by atoms with E-state index >= 15 is 0 Å². The number of carbonyl (C=O) groups is 1. The van der Waals surface area contributed by atoms with E-state index in [2.05, 4.69) is 41.1 Å². The number of rotatable bonds is 5. The van der Waals surface area contributed by atoms with Gasteiger partial charge in [-0.1, -0.05) is 30.3 Å². The Bertz CT molecular complexity index is 923. The zero-order valence-corrected chi connectivity index (χ0v) is 15.6. The van der Waals surface area contributed by atoms with E-state index in [9.17, 15) is 4.79 Å². The first kappa shape index (κ1) is 17.0. The van der Waals surface area contributed by atoms with Crippen molar-refractivity contribution in [2.75, 3.05) is 13.1 Å². The molecule has 2 aromatic carbocycles. The highest BCUT2D eigenvalue weighted by atomic mass is 16.1. The van der Waals surface area contributed by atoms with Gasteiger partial charge < -0.3 is 9.88 Å². The molecule has 0 saturated carbocycles. The molecule has 0 spiro atoms. The average molecular weight is 346 g/mol. The zero-order chi connectivity index (χ0) is 18.1. The van der Waals surface area contributed by atoms with Gasteiger partial charge in [0.25, 0.3) is 0 Å². The number of Topliss-reactive ketones (excluding diaryl/α,β-unsaturated/α-hetero) is 1. The summed E-state index contributed by atoms with van der Waals surface area (Å²) >= 11 is 0. The Morgan fingerprint density at radius 2 is 1.88 bits per heavy atom. The number of aromatic nitrogens is 1. The fourth-order valence-electron chi connectivity index (χ4n) is 3.99. The largest absolute Gasteiger partial charge is 0.358 e. The van der Waals surface area contributed by atoms with Crippen molar-refractivity contribution >= 4 is 16.7 Å². The van der Waals surface area contributed by atoms with Crippen LogP contribution in [0.2, 0.25) is 0 Å². The van der Waals surface area contributed by atoms with E-state index in [1.807, 2.05) is 24.3 Å². The lowest BCUT2D eigenvalue weighted by Gasteiger charge is -2.20. The molecule has 1 unspecified atom stereocenters. The number of carbonyl (C=O) groups excluding carboxylic acids is 1. The van der Waals surface area contributed by atoms with Crippen LogP contribution in [-0.4, -0.2) is 34.8 Å². The molecular formula is C23H26N2O. The summed E-state index contributed by atoms with van der Waals surface area (Å²) in [4.78, 5) is 17.6. The molecule has 4 rings (SSSR count). The van der Waals surface area contributed by atoms with Gasteiger partial charge >= 0.3 is 0 Å². The molecule has 0 aliphatic carbocycles. The quantitative estimate of drug-likeness (QED) is 0.655. The van der Waals surface area contributed by atoms with Crippen LogP contribution in [0.3, 0.4) is 0 Å². The van der Waals surface area contributed by atoms with Crippen LogP contribution < -0.4 is 0 Å². The predicted molar refractivity (Wildman–Crippen MR) is 108 cm³/mol. The Hall–Kier alpha value is -2.39. The van der Waals surface area contributed by atoms with Crippen LogP contribution in [0.15, 0.2) is 48.5 Å². The minimum atomic E-state index is 0.106. The second kappa shape index (κ2) is 7.08. The number of hydrogen-bond acceptors (Lipinski definition) is 2. The lowest BCUT2D eigenvalue weighted by molar-refractivity contribution is 0.101.